The number of hydrogen-bond donors (Lipinski definition) is 0. The minimum Gasteiger partial charge on any atom is -0.373 e. The summed E-state index contributed by atoms with van der Waals surface area (Å²) in [7, 11) is 0. The first-order valence-electron chi connectivity index (χ1n) is 5.32. The predicted octanol–water partition coefficient (Wildman–Crippen LogP) is 0.917. The molecule has 1 aromatic rings. The number of ether oxygens (including phenoxy) is 1. The maximum Gasteiger partial charge on any atom is 0.498 e. The molecule has 2 heterocycles. The number of morpholine rings is 1. The van der Waals surface area contributed by atoms with Crippen LogP contribution in [0.2, 0.25) is 0 Å². The number of pyridine rings is 1. The van der Waals surface area contributed by atoms with E-state index < -0.39 is 0 Å². The Balaban J connectivity index is 2.10. The van der Waals surface area contributed by atoms with Gasteiger partial charge in [-0.3, -0.25) is 0 Å². The van der Waals surface area contributed by atoms with Crippen LogP contribution in [0.5, 0.6) is 0 Å². The van der Waals surface area contributed by atoms with Gasteiger partial charge in [-0.2, -0.15) is 9.36 Å². The molecule has 1 aliphatic heterocycles. The molecule has 0 N–H and O–H groups in total. The highest BCUT2D eigenvalue weighted by Gasteiger charge is 2.26. The molecule has 0 bridgehead atoms. The molecule has 16 heavy (non-hydrogen) atoms. The topological polar surface area (TPSA) is 33.4 Å². The monoisotopic (exact) mass is 219 g/mol. The van der Waals surface area contributed by atoms with Gasteiger partial charge in [-0.1, -0.05) is 12.7 Å². The molecule has 84 valence electrons. The van der Waals surface area contributed by atoms with E-state index in [1.165, 1.54) is 0 Å². The Kier molecular flexibility index (Phi) is 3.31. The summed E-state index contributed by atoms with van der Waals surface area (Å²) >= 11 is 0. The second-order valence-corrected chi connectivity index (χ2v) is 3.62. The highest BCUT2D eigenvalue weighted by molar-refractivity contribution is 5.64. The van der Waals surface area contributed by atoms with Crippen molar-refractivity contribution in [1.82, 2.24) is 4.90 Å². The highest BCUT2D eigenvalue weighted by atomic mass is 16.5. The molecule has 0 radical (unpaired) electrons. The van der Waals surface area contributed by atoms with Gasteiger partial charge in [0.15, 0.2) is 0 Å². The minimum absolute atomic E-state index is 0.00101. The molecule has 1 aliphatic rings. The number of carbonyl (C=O) groups is 1. The van der Waals surface area contributed by atoms with Gasteiger partial charge in [-0.15, -0.1) is 0 Å². The lowest BCUT2D eigenvalue weighted by Crippen LogP contribution is -2.55. The molecule has 0 atom stereocenters. The summed E-state index contributed by atoms with van der Waals surface area (Å²) in [6.45, 7) is 6.24. The van der Waals surface area contributed by atoms with Crippen molar-refractivity contribution in [2.45, 2.75) is 0 Å². The Labute approximate surface area is 94.8 Å². The van der Waals surface area contributed by atoms with Crippen molar-refractivity contribution in [1.29, 1.82) is 0 Å². The molecule has 1 fully saturated rings. The third-order valence-corrected chi connectivity index (χ3v) is 2.59. The summed E-state index contributed by atoms with van der Waals surface area (Å²) in [5.74, 6) is 0. The number of hydrogen-bond acceptors (Lipinski definition) is 2. The third-order valence-electron chi connectivity index (χ3n) is 2.59. The van der Waals surface area contributed by atoms with Gasteiger partial charge in [-0.05, 0) is 17.7 Å². The SMILES string of the molecule is C=Cc1cc[n+](C(=O)N2CCOCC2)cc1. The van der Waals surface area contributed by atoms with Crippen LogP contribution in [0.15, 0.2) is 31.1 Å². The summed E-state index contributed by atoms with van der Waals surface area (Å²) in [4.78, 5) is 13.8. The number of nitrogens with zero attached hydrogens (tertiary/aromatic N) is 2. The lowest BCUT2D eigenvalue weighted by Gasteiger charge is -2.19. The van der Waals surface area contributed by atoms with E-state index >= 15 is 0 Å². The molecule has 0 aliphatic carbocycles. The van der Waals surface area contributed by atoms with E-state index in [2.05, 4.69) is 6.58 Å². The van der Waals surface area contributed by atoms with Crippen LogP contribution in [0.4, 0.5) is 4.79 Å². The van der Waals surface area contributed by atoms with Gasteiger partial charge in [0, 0.05) is 0 Å². The average molecular weight is 219 g/mol. The van der Waals surface area contributed by atoms with Crippen LogP contribution in [-0.4, -0.2) is 37.2 Å². The summed E-state index contributed by atoms with van der Waals surface area (Å²) in [6.07, 6.45) is 5.27. The fourth-order valence-corrected chi connectivity index (χ4v) is 1.62. The molecular formula is C12H15N2O2+. The van der Waals surface area contributed by atoms with Crippen LogP contribution in [-0.2, 0) is 4.74 Å². The zero-order valence-corrected chi connectivity index (χ0v) is 9.13. The molecule has 2 rings (SSSR count). The quantitative estimate of drug-likeness (QED) is 0.658. The van der Waals surface area contributed by atoms with Gasteiger partial charge in [0.1, 0.15) is 13.1 Å². The van der Waals surface area contributed by atoms with Crippen molar-refractivity contribution in [3.8, 4) is 0 Å². The van der Waals surface area contributed by atoms with Gasteiger partial charge < -0.3 is 4.74 Å². The van der Waals surface area contributed by atoms with Crippen molar-refractivity contribution >= 4 is 12.1 Å². The summed E-state index contributed by atoms with van der Waals surface area (Å²) in [5, 5.41) is 0. The lowest BCUT2D eigenvalue weighted by atomic mass is 10.3. The standard InChI is InChI=1S/C12H15N2O2/c1-2-11-3-5-13(6-4-11)12(15)14-7-9-16-10-8-14/h2-6H,1,7-10H2/q+1. The Bertz CT molecular complexity index is 381. The Morgan fingerprint density at radius 3 is 2.56 bits per heavy atom. The van der Waals surface area contributed by atoms with E-state index in [1.807, 2.05) is 12.1 Å². The minimum atomic E-state index is -0.00101. The molecule has 0 saturated carbocycles. The van der Waals surface area contributed by atoms with Crippen LogP contribution >= 0.6 is 0 Å². The first-order chi connectivity index (χ1) is 7.81. The van der Waals surface area contributed by atoms with Gasteiger partial charge >= 0.3 is 6.03 Å². The van der Waals surface area contributed by atoms with Crippen LogP contribution in [0.1, 0.15) is 5.56 Å². The van der Waals surface area contributed by atoms with Crippen LogP contribution in [0.25, 0.3) is 6.08 Å². The molecule has 1 aromatic heterocycles. The van der Waals surface area contributed by atoms with Crippen LogP contribution < -0.4 is 4.57 Å². The Hall–Kier alpha value is -1.68. The van der Waals surface area contributed by atoms with Crippen LogP contribution in [0, 0.1) is 0 Å². The van der Waals surface area contributed by atoms with Gasteiger partial charge in [0.25, 0.3) is 0 Å². The number of aromatic nitrogens is 1. The molecular weight excluding hydrogens is 204 g/mol. The van der Waals surface area contributed by atoms with E-state index in [1.54, 1.807) is 27.9 Å². The lowest BCUT2D eigenvalue weighted by molar-refractivity contribution is -0.578. The molecule has 0 spiro atoms. The second kappa shape index (κ2) is 4.90. The van der Waals surface area contributed by atoms with Crippen molar-refractivity contribution in [2.24, 2.45) is 0 Å². The zero-order valence-electron chi connectivity index (χ0n) is 9.13. The smallest absolute Gasteiger partial charge is 0.373 e. The highest BCUT2D eigenvalue weighted by Crippen LogP contribution is 1.99. The third kappa shape index (κ3) is 2.28. The zero-order chi connectivity index (χ0) is 11.4. The molecule has 1 saturated heterocycles. The van der Waals surface area contributed by atoms with E-state index in [4.69, 9.17) is 4.74 Å². The first-order valence-corrected chi connectivity index (χ1v) is 5.32. The summed E-state index contributed by atoms with van der Waals surface area (Å²) in [5.41, 5.74) is 1.01. The Morgan fingerprint density at radius 2 is 2.00 bits per heavy atom. The average Bonchev–Trinajstić information content (AvgIpc) is 2.39. The predicted molar refractivity (Wildman–Crippen MR) is 59.9 cm³/mol. The largest absolute Gasteiger partial charge is 0.498 e. The second-order valence-electron chi connectivity index (χ2n) is 3.62. The van der Waals surface area contributed by atoms with Gasteiger partial charge in [0.2, 0.25) is 0 Å². The number of amides is 1. The maximum atomic E-state index is 12.0. The molecule has 1 amide bonds. The molecule has 0 aromatic carbocycles. The first kappa shape index (κ1) is 10.8. The summed E-state index contributed by atoms with van der Waals surface area (Å²) in [6, 6.07) is 3.73. The normalized spacial score (nSPS) is 15.9. The molecule has 4 heteroatoms. The molecule has 4 nitrogen and oxygen atoms in total. The van der Waals surface area contributed by atoms with E-state index in [-0.39, 0.29) is 6.03 Å². The van der Waals surface area contributed by atoms with Crippen molar-refractivity contribution in [3.05, 3.63) is 36.7 Å². The summed E-state index contributed by atoms with van der Waals surface area (Å²) < 4.78 is 6.79. The Morgan fingerprint density at radius 1 is 1.38 bits per heavy atom. The van der Waals surface area contributed by atoms with Crippen LogP contribution in [0.3, 0.4) is 0 Å². The van der Waals surface area contributed by atoms with E-state index in [0.717, 1.165) is 5.56 Å². The van der Waals surface area contributed by atoms with Gasteiger partial charge in [0.05, 0.1) is 25.6 Å². The van der Waals surface area contributed by atoms with Crippen molar-refractivity contribution < 1.29 is 14.1 Å². The molecule has 0 unspecified atom stereocenters. The fourth-order valence-electron chi connectivity index (χ4n) is 1.62. The number of carbonyl (C=O) groups excluding carboxylic acids is 1. The van der Waals surface area contributed by atoms with E-state index in [9.17, 15) is 4.79 Å². The maximum absolute atomic E-state index is 12.0. The number of rotatable bonds is 1. The van der Waals surface area contributed by atoms with Gasteiger partial charge in [-0.25, -0.2) is 4.90 Å². The fraction of sp³-hybridized carbons (Fsp3) is 0.333. The van der Waals surface area contributed by atoms with Crippen molar-refractivity contribution in [2.75, 3.05) is 26.3 Å². The van der Waals surface area contributed by atoms with E-state index in [0.29, 0.717) is 26.3 Å². The van der Waals surface area contributed by atoms with Crippen molar-refractivity contribution in [3.63, 3.8) is 0 Å².